The molecule has 230 valence electrons. The molecule has 0 unspecified atom stereocenters. The van der Waals surface area contributed by atoms with Gasteiger partial charge in [0.05, 0.1) is 29.1 Å². The number of anilines is 1. The topological polar surface area (TPSA) is 118 Å². The first-order chi connectivity index (χ1) is 22.1. The Labute approximate surface area is 273 Å². The number of ketones is 3. The van der Waals surface area contributed by atoms with Gasteiger partial charge in [0.1, 0.15) is 0 Å². The highest BCUT2D eigenvalue weighted by Crippen LogP contribution is 2.56. The van der Waals surface area contributed by atoms with E-state index < -0.39 is 23.7 Å². The predicted octanol–water partition coefficient (Wildman–Crippen LogP) is 6.03. The third kappa shape index (κ3) is 4.52. The molecule has 1 N–H and O–H groups in total. The lowest BCUT2D eigenvalue weighted by Gasteiger charge is -2.42. The lowest BCUT2D eigenvalue weighted by atomic mass is 9.59. The molecule has 2 amide bonds. The Morgan fingerprint density at radius 2 is 1.63 bits per heavy atom. The number of amides is 2. The summed E-state index contributed by atoms with van der Waals surface area (Å²) in [4.78, 5) is 69.3. The van der Waals surface area contributed by atoms with Crippen LogP contribution in [-0.2, 0) is 19.2 Å². The molecular formula is C37H28BrNO7. The highest BCUT2D eigenvalue weighted by molar-refractivity contribution is 9.10. The van der Waals surface area contributed by atoms with Crippen molar-refractivity contribution in [2.45, 2.75) is 25.7 Å². The molecule has 3 aliphatic carbocycles. The van der Waals surface area contributed by atoms with Gasteiger partial charge in [-0.05, 0) is 89.7 Å². The van der Waals surface area contributed by atoms with E-state index in [1.807, 2.05) is 12.1 Å². The largest absolute Gasteiger partial charge is 0.503 e. The van der Waals surface area contributed by atoms with E-state index in [1.54, 1.807) is 67.6 Å². The Balaban J connectivity index is 1.28. The summed E-state index contributed by atoms with van der Waals surface area (Å²) in [5, 5.41) is 10.5. The lowest BCUT2D eigenvalue weighted by Crippen LogP contribution is -2.39. The van der Waals surface area contributed by atoms with Gasteiger partial charge in [-0.2, -0.15) is 0 Å². The van der Waals surface area contributed by atoms with Crippen LogP contribution >= 0.6 is 15.9 Å². The molecule has 0 bridgehead atoms. The number of benzene rings is 3. The summed E-state index contributed by atoms with van der Waals surface area (Å²) < 4.78 is 5.76. The summed E-state index contributed by atoms with van der Waals surface area (Å²) in [7, 11) is 1.42. The zero-order valence-corrected chi connectivity index (χ0v) is 26.5. The van der Waals surface area contributed by atoms with Gasteiger partial charge in [-0.1, -0.05) is 42.0 Å². The van der Waals surface area contributed by atoms with E-state index in [1.165, 1.54) is 18.1 Å². The van der Waals surface area contributed by atoms with Gasteiger partial charge in [0.2, 0.25) is 11.8 Å². The van der Waals surface area contributed by atoms with E-state index in [-0.39, 0.29) is 53.5 Å². The van der Waals surface area contributed by atoms with Gasteiger partial charge in [-0.25, -0.2) is 0 Å². The molecule has 1 aliphatic heterocycles. The molecule has 8 nitrogen and oxygen atoms in total. The molecule has 0 aromatic heterocycles. The molecular weight excluding hydrogens is 650 g/mol. The normalized spacial score (nSPS) is 23.8. The average molecular weight is 679 g/mol. The second-order valence-corrected chi connectivity index (χ2v) is 12.9. The van der Waals surface area contributed by atoms with E-state index in [0.717, 1.165) is 5.57 Å². The Kier molecular flexibility index (Phi) is 7.24. The highest BCUT2D eigenvalue weighted by atomic mass is 79.9. The van der Waals surface area contributed by atoms with Crippen LogP contribution in [0.3, 0.4) is 0 Å². The first-order valence-corrected chi connectivity index (χ1v) is 15.7. The maximum Gasteiger partial charge on any atom is 0.238 e. The SMILES string of the molecule is COc1cc([C@H]2C3=CC[C@@H]4C(=O)N(c5ccc(C(=O)c6ccccc6)cc5)C(=O)[C@@H]4[C@@H]3CC3=C2C(=O)C=C(C)C3=O)cc(Br)c1O. The number of imide groups is 1. The van der Waals surface area contributed by atoms with Gasteiger partial charge in [0.25, 0.3) is 0 Å². The fourth-order valence-corrected chi connectivity index (χ4v) is 7.91. The average Bonchev–Trinajstić information content (AvgIpc) is 3.33. The summed E-state index contributed by atoms with van der Waals surface area (Å²) in [6, 6.07) is 18.6. The van der Waals surface area contributed by atoms with Crippen molar-refractivity contribution in [1.82, 2.24) is 0 Å². The Bertz CT molecular complexity index is 1970. The van der Waals surface area contributed by atoms with Gasteiger partial charge in [-0.15, -0.1) is 0 Å². The molecule has 1 fully saturated rings. The summed E-state index contributed by atoms with van der Waals surface area (Å²) in [5.41, 5.74) is 3.78. The van der Waals surface area contributed by atoms with Crippen LogP contribution in [0.4, 0.5) is 5.69 Å². The molecule has 0 saturated carbocycles. The molecule has 0 radical (unpaired) electrons. The van der Waals surface area contributed by atoms with Crippen molar-refractivity contribution in [2.75, 3.05) is 12.0 Å². The monoisotopic (exact) mass is 677 g/mol. The molecule has 4 aliphatic rings. The van der Waals surface area contributed by atoms with Crippen molar-refractivity contribution in [1.29, 1.82) is 0 Å². The van der Waals surface area contributed by atoms with Crippen LogP contribution in [0.5, 0.6) is 11.5 Å². The number of allylic oxidation sites excluding steroid dienone is 6. The van der Waals surface area contributed by atoms with Crippen molar-refractivity contribution in [3.63, 3.8) is 0 Å². The number of ether oxygens (including phenoxy) is 1. The number of phenolic OH excluding ortho intramolecular Hbond substituents is 1. The van der Waals surface area contributed by atoms with Crippen LogP contribution in [-0.4, -0.2) is 41.4 Å². The number of aromatic hydroxyl groups is 1. The van der Waals surface area contributed by atoms with Crippen molar-refractivity contribution in [2.24, 2.45) is 17.8 Å². The number of hydrogen-bond donors (Lipinski definition) is 1. The number of nitrogens with zero attached hydrogens (tertiary/aromatic N) is 1. The summed E-state index contributed by atoms with van der Waals surface area (Å²) >= 11 is 3.38. The van der Waals surface area contributed by atoms with Crippen LogP contribution in [0.1, 0.15) is 47.2 Å². The van der Waals surface area contributed by atoms with Crippen LogP contribution in [0, 0.1) is 17.8 Å². The molecule has 0 spiro atoms. The first-order valence-electron chi connectivity index (χ1n) is 14.9. The van der Waals surface area contributed by atoms with Crippen LogP contribution in [0.2, 0.25) is 0 Å². The second-order valence-electron chi connectivity index (χ2n) is 12.0. The van der Waals surface area contributed by atoms with Crippen LogP contribution in [0.15, 0.2) is 106 Å². The standard InChI is InChI=1S/C37H28BrNO7/c1-18-14-28(40)32-26(33(18)41)17-25-23(30(32)21-15-27(38)35(43)29(16-21)46-2)12-13-24-31(25)37(45)39(36(24)44)22-10-8-20(9-11-22)34(42)19-6-4-3-5-7-19/h3-12,14-16,24-25,30-31,43H,13,17H2,1-2H3/t24-,25+,30-,31-/m0/s1. The maximum atomic E-state index is 14.2. The molecule has 9 heteroatoms. The number of phenols is 1. The zero-order chi connectivity index (χ0) is 32.4. The third-order valence-corrected chi connectivity index (χ3v) is 10.2. The second kappa shape index (κ2) is 11.2. The van der Waals surface area contributed by atoms with Crippen molar-refractivity contribution < 1.29 is 33.8 Å². The quantitative estimate of drug-likeness (QED) is 0.152. The molecule has 3 aromatic rings. The fourth-order valence-electron chi connectivity index (χ4n) is 7.45. The Morgan fingerprint density at radius 3 is 2.33 bits per heavy atom. The van der Waals surface area contributed by atoms with Crippen LogP contribution < -0.4 is 9.64 Å². The van der Waals surface area contributed by atoms with E-state index in [0.29, 0.717) is 43.6 Å². The van der Waals surface area contributed by atoms with Crippen LogP contribution in [0.25, 0.3) is 0 Å². The maximum absolute atomic E-state index is 14.2. The van der Waals surface area contributed by atoms with Crippen molar-refractivity contribution >= 4 is 50.8 Å². The number of halogens is 1. The number of methoxy groups -OCH3 is 1. The lowest BCUT2D eigenvalue weighted by molar-refractivity contribution is -0.123. The Hall–Kier alpha value is -4.89. The number of hydrogen-bond acceptors (Lipinski definition) is 7. The summed E-state index contributed by atoms with van der Waals surface area (Å²) in [6.07, 6.45) is 3.73. The van der Waals surface area contributed by atoms with E-state index in [9.17, 15) is 29.1 Å². The van der Waals surface area contributed by atoms with Gasteiger partial charge in [0.15, 0.2) is 28.8 Å². The van der Waals surface area contributed by atoms with Gasteiger partial charge < -0.3 is 9.84 Å². The Morgan fingerprint density at radius 1 is 0.935 bits per heavy atom. The van der Waals surface area contributed by atoms with Gasteiger partial charge in [-0.3, -0.25) is 28.9 Å². The molecule has 1 heterocycles. The number of fused-ring (bicyclic) bond motifs is 3. The smallest absolute Gasteiger partial charge is 0.238 e. The molecule has 3 aromatic carbocycles. The summed E-state index contributed by atoms with van der Waals surface area (Å²) in [5.74, 6) is -3.88. The molecule has 7 rings (SSSR count). The zero-order valence-electron chi connectivity index (χ0n) is 25.0. The van der Waals surface area contributed by atoms with Gasteiger partial charge in [0, 0.05) is 33.8 Å². The van der Waals surface area contributed by atoms with E-state index in [4.69, 9.17) is 4.74 Å². The number of carbonyl (C=O) groups excluding carboxylic acids is 5. The van der Waals surface area contributed by atoms with Crippen molar-refractivity contribution in [3.8, 4) is 11.5 Å². The van der Waals surface area contributed by atoms with E-state index >= 15 is 0 Å². The predicted molar refractivity (Wildman–Crippen MR) is 172 cm³/mol. The number of carbonyl (C=O) groups is 5. The molecule has 4 atom stereocenters. The summed E-state index contributed by atoms with van der Waals surface area (Å²) in [6.45, 7) is 1.60. The van der Waals surface area contributed by atoms with Gasteiger partial charge >= 0.3 is 0 Å². The first kappa shape index (κ1) is 29.8. The number of Topliss-reactive ketones (excluding diaryl/α,β-unsaturated/α-hetero) is 1. The minimum absolute atomic E-state index is 0.101. The number of rotatable bonds is 5. The van der Waals surface area contributed by atoms with E-state index in [2.05, 4.69) is 15.9 Å². The molecule has 1 saturated heterocycles. The highest BCUT2D eigenvalue weighted by Gasteiger charge is 2.56. The minimum Gasteiger partial charge on any atom is -0.503 e. The third-order valence-electron chi connectivity index (χ3n) is 9.59. The fraction of sp³-hybridized carbons (Fsp3) is 0.216. The minimum atomic E-state index is -0.744. The molecule has 46 heavy (non-hydrogen) atoms. The van der Waals surface area contributed by atoms with Crippen molar-refractivity contribution in [3.05, 3.63) is 122 Å².